The number of hydrogen-bond acceptors (Lipinski definition) is 6. The summed E-state index contributed by atoms with van der Waals surface area (Å²) < 4.78 is 0. The number of nitrogens with zero attached hydrogens (tertiary/aromatic N) is 3. The van der Waals surface area contributed by atoms with Crippen molar-refractivity contribution in [2.45, 2.75) is 38.8 Å². The van der Waals surface area contributed by atoms with Crippen LogP contribution >= 0.6 is 0 Å². The quantitative estimate of drug-likeness (QED) is 0.374. The highest BCUT2D eigenvalue weighted by Gasteiger charge is 2.39. The Labute approximate surface area is 229 Å². The zero-order valence-electron chi connectivity index (χ0n) is 22.2. The maximum Gasteiger partial charge on any atom is 0.314 e. The fourth-order valence-electron chi connectivity index (χ4n) is 6.00. The van der Waals surface area contributed by atoms with Gasteiger partial charge in [-0.1, -0.05) is 48.5 Å². The molecule has 39 heavy (non-hydrogen) atoms. The lowest BCUT2D eigenvalue weighted by molar-refractivity contribution is 0.167. The second-order valence-electron chi connectivity index (χ2n) is 10.5. The zero-order chi connectivity index (χ0) is 26.8. The summed E-state index contributed by atoms with van der Waals surface area (Å²) in [6, 6.07) is 20.8. The molecule has 8 heteroatoms. The van der Waals surface area contributed by atoms with E-state index in [-0.39, 0.29) is 12.2 Å². The molecule has 1 aliphatic carbocycles. The third kappa shape index (κ3) is 5.06. The van der Waals surface area contributed by atoms with Crippen LogP contribution in [0, 0.1) is 11.8 Å². The van der Waals surface area contributed by atoms with Gasteiger partial charge in [-0.05, 0) is 56.6 Å². The molecule has 1 saturated carbocycles. The number of benzene rings is 2. The third-order valence-electron chi connectivity index (χ3n) is 8.05. The third-order valence-corrected chi connectivity index (χ3v) is 8.05. The van der Waals surface area contributed by atoms with Crippen LogP contribution in [0.4, 0.5) is 4.79 Å². The number of rotatable bonds is 6. The van der Waals surface area contributed by atoms with E-state index in [1.54, 1.807) is 6.20 Å². The van der Waals surface area contributed by atoms with Crippen molar-refractivity contribution in [1.82, 2.24) is 25.8 Å². The lowest BCUT2D eigenvalue weighted by Crippen LogP contribution is -2.45. The van der Waals surface area contributed by atoms with Gasteiger partial charge in [0.05, 0.1) is 16.9 Å². The molecule has 200 valence electrons. The molecule has 0 saturated heterocycles. The Hall–Kier alpha value is -4.33. The first-order valence-electron chi connectivity index (χ1n) is 13.9. The van der Waals surface area contributed by atoms with Crippen LogP contribution in [0.25, 0.3) is 27.9 Å². The fraction of sp³-hybridized carbons (Fsp3) is 0.323. The van der Waals surface area contributed by atoms with Gasteiger partial charge in [0.25, 0.3) is 0 Å². The summed E-state index contributed by atoms with van der Waals surface area (Å²) in [4.78, 5) is 23.5. The summed E-state index contributed by atoms with van der Waals surface area (Å²) in [5.41, 5.74) is 12.4. The average molecular weight is 522 g/mol. The van der Waals surface area contributed by atoms with E-state index in [9.17, 15) is 4.79 Å². The van der Waals surface area contributed by atoms with Crippen LogP contribution in [-0.2, 0) is 0 Å². The highest BCUT2D eigenvalue weighted by Crippen LogP contribution is 2.39. The summed E-state index contributed by atoms with van der Waals surface area (Å²) in [6.45, 7) is 3.29. The number of pyridine rings is 1. The smallest absolute Gasteiger partial charge is 0.314 e. The van der Waals surface area contributed by atoms with Gasteiger partial charge in [0, 0.05) is 42.0 Å². The standard InChI is InChI=1S/C31H35N7O/c1-2-33-31(39)35-19-20-8-10-23(11-9-20)30-37-27(28-29(32)34-16-17-38(28)30)24-13-12-22-14-15-25(36-26(22)18-24)21-6-4-3-5-7-21/h3-7,12-18,20,23,30,37H,2,8-11,19H2,1H3,(H2,32,34)(H2,33,35,39)/t20?,23?,30-/m0/s1. The topological polar surface area (TPSA) is 108 Å². The number of amides is 2. The van der Waals surface area contributed by atoms with E-state index < -0.39 is 0 Å². The number of fused-ring (bicyclic) bond motifs is 2. The van der Waals surface area contributed by atoms with Crippen LogP contribution in [-0.4, -0.2) is 41.0 Å². The van der Waals surface area contributed by atoms with Gasteiger partial charge in [-0.2, -0.15) is 0 Å². The molecule has 5 N–H and O–H groups in total. The number of amidine groups is 1. The van der Waals surface area contributed by atoms with Crippen molar-refractivity contribution < 1.29 is 4.79 Å². The lowest BCUT2D eigenvalue weighted by Gasteiger charge is -2.37. The number of hydrogen-bond donors (Lipinski definition) is 4. The summed E-state index contributed by atoms with van der Waals surface area (Å²) in [5.74, 6) is 1.48. The molecule has 0 radical (unpaired) electrons. The molecule has 3 aromatic rings. The van der Waals surface area contributed by atoms with Crippen molar-refractivity contribution in [2.75, 3.05) is 13.1 Å². The van der Waals surface area contributed by atoms with Crippen LogP contribution in [0.1, 0.15) is 38.2 Å². The Morgan fingerprint density at radius 3 is 2.62 bits per heavy atom. The number of nitrogens with one attached hydrogen (secondary N) is 3. The van der Waals surface area contributed by atoms with E-state index in [0.29, 0.717) is 24.2 Å². The summed E-state index contributed by atoms with van der Waals surface area (Å²) in [6.07, 6.45) is 8.27. The predicted octanol–water partition coefficient (Wildman–Crippen LogP) is 4.77. The average Bonchev–Trinajstić information content (AvgIpc) is 3.37. The largest absolute Gasteiger partial charge is 0.382 e. The van der Waals surface area contributed by atoms with Crippen molar-refractivity contribution >= 4 is 28.5 Å². The van der Waals surface area contributed by atoms with E-state index in [4.69, 9.17) is 10.7 Å². The van der Waals surface area contributed by atoms with Crippen LogP contribution in [0.5, 0.6) is 0 Å². The number of carbonyl (C=O) groups excluding carboxylic acids is 1. The molecule has 2 aliphatic heterocycles. The van der Waals surface area contributed by atoms with E-state index >= 15 is 0 Å². The maximum absolute atomic E-state index is 11.8. The van der Waals surface area contributed by atoms with Crippen molar-refractivity contribution in [3.63, 3.8) is 0 Å². The molecule has 2 amide bonds. The van der Waals surface area contributed by atoms with Gasteiger partial charge >= 0.3 is 6.03 Å². The number of urea groups is 1. The first-order chi connectivity index (χ1) is 19.1. The number of carbonyl (C=O) groups is 1. The Kier molecular flexibility index (Phi) is 6.92. The van der Waals surface area contributed by atoms with Crippen LogP contribution in [0.15, 0.2) is 83.8 Å². The molecule has 3 aliphatic rings. The Morgan fingerprint density at radius 1 is 1.03 bits per heavy atom. The van der Waals surface area contributed by atoms with Crippen molar-refractivity contribution in [3.05, 3.63) is 84.3 Å². The van der Waals surface area contributed by atoms with E-state index in [1.807, 2.05) is 31.3 Å². The minimum atomic E-state index is -0.0791. The second-order valence-corrected chi connectivity index (χ2v) is 10.5. The molecule has 0 unspecified atom stereocenters. The molecule has 2 aromatic carbocycles. The van der Waals surface area contributed by atoms with E-state index in [1.165, 1.54) is 0 Å². The normalized spacial score (nSPS) is 22.3. The predicted molar refractivity (Wildman–Crippen MR) is 156 cm³/mol. The number of aliphatic imine (C=N–C) groups is 1. The molecule has 8 nitrogen and oxygen atoms in total. The van der Waals surface area contributed by atoms with Gasteiger partial charge < -0.3 is 26.6 Å². The van der Waals surface area contributed by atoms with Crippen LogP contribution < -0.4 is 21.7 Å². The highest BCUT2D eigenvalue weighted by atomic mass is 16.2. The maximum atomic E-state index is 11.8. The van der Waals surface area contributed by atoms with Crippen molar-refractivity contribution in [2.24, 2.45) is 22.6 Å². The minimum Gasteiger partial charge on any atom is -0.382 e. The Bertz CT molecular complexity index is 1450. The molecule has 0 spiro atoms. The van der Waals surface area contributed by atoms with Crippen LogP contribution in [0.3, 0.4) is 0 Å². The minimum absolute atomic E-state index is 0.0791. The molecule has 6 rings (SSSR count). The van der Waals surface area contributed by atoms with Gasteiger partial charge in [-0.25, -0.2) is 14.8 Å². The van der Waals surface area contributed by atoms with Crippen LogP contribution in [0.2, 0.25) is 0 Å². The number of nitrogens with two attached hydrogens (primary N) is 1. The Balaban J connectivity index is 1.23. The molecular formula is C31H35N7O. The van der Waals surface area contributed by atoms with Crippen molar-refractivity contribution in [3.8, 4) is 11.3 Å². The molecule has 1 fully saturated rings. The molecule has 0 bridgehead atoms. The monoisotopic (exact) mass is 521 g/mol. The molecule has 1 atom stereocenters. The van der Waals surface area contributed by atoms with E-state index in [2.05, 4.69) is 68.3 Å². The zero-order valence-corrected chi connectivity index (χ0v) is 22.2. The molecular weight excluding hydrogens is 486 g/mol. The van der Waals surface area contributed by atoms with Gasteiger partial charge in [0.15, 0.2) is 0 Å². The van der Waals surface area contributed by atoms with Crippen molar-refractivity contribution in [1.29, 1.82) is 0 Å². The molecule has 1 aromatic heterocycles. The van der Waals surface area contributed by atoms with Gasteiger partial charge in [-0.3, -0.25) is 0 Å². The summed E-state index contributed by atoms with van der Waals surface area (Å²) in [5, 5.41) is 10.7. The first-order valence-corrected chi connectivity index (χ1v) is 13.9. The Morgan fingerprint density at radius 2 is 1.82 bits per heavy atom. The lowest BCUT2D eigenvalue weighted by atomic mass is 9.80. The first kappa shape index (κ1) is 25.0. The SMILES string of the molecule is CCNC(=O)NCC1CCC([C@H]2NC(c3ccc4ccc(-c5ccccc5)nc4c3)=C3C(N)=NC=CN32)CC1. The van der Waals surface area contributed by atoms with Gasteiger partial charge in [-0.15, -0.1) is 0 Å². The highest BCUT2D eigenvalue weighted by molar-refractivity contribution is 6.05. The molecule has 3 heterocycles. The summed E-state index contributed by atoms with van der Waals surface area (Å²) in [7, 11) is 0. The number of aromatic nitrogens is 1. The fourth-order valence-corrected chi connectivity index (χ4v) is 6.00. The van der Waals surface area contributed by atoms with E-state index in [0.717, 1.165) is 71.3 Å². The van der Waals surface area contributed by atoms with Gasteiger partial charge in [0.2, 0.25) is 0 Å². The summed E-state index contributed by atoms with van der Waals surface area (Å²) >= 11 is 0. The second kappa shape index (κ2) is 10.8. The van der Waals surface area contributed by atoms with Gasteiger partial charge in [0.1, 0.15) is 17.7 Å².